The number of aldehydes is 1. The molecule has 0 bridgehead atoms. The Bertz CT molecular complexity index is 623. The third-order valence-electron chi connectivity index (χ3n) is 2.69. The van der Waals surface area contributed by atoms with Gasteiger partial charge in [0.1, 0.15) is 6.29 Å². The van der Waals surface area contributed by atoms with Crippen LogP contribution in [-0.4, -0.2) is 6.29 Å². The van der Waals surface area contributed by atoms with Crippen LogP contribution in [0.2, 0.25) is 5.02 Å². The Kier molecular flexibility index (Phi) is 3.43. The van der Waals surface area contributed by atoms with Crippen LogP contribution in [0.4, 0.5) is 8.78 Å². The molecule has 0 aliphatic rings. The maximum Gasteiger partial charge on any atom is 0.160 e. The fourth-order valence-corrected chi connectivity index (χ4v) is 2.04. The molecule has 0 aliphatic heterocycles. The number of hydrogen-bond donors (Lipinski definition) is 0. The standard InChI is InChI=1S/C14H9ClF2O/c1-8-4-9(7-18)2-3-10(8)11-5-13(16)14(17)6-12(11)15/h2-7H,1H3. The topological polar surface area (TPSA) is 17.1 Å². The summed E-state index contributed by atoms with van der Waals surface area (Å²) in [7, 11) is 0. The Hall–Kier alpha value is -1.74. The van der Waals surface area contributed by atoms with E-state index in [4.69, 9.17) is 11.6 Å². The van der Waals surface area contributed by atoms with Crippen molar-refractivity contribution >= 4 is 17.9 Å². The number of carbonyl (C=O) groups is 1. The first-order chi connectivity index (χ1) is 8.52. The smallest absolute Gasteiger partial charge is 0.160 e. The summed E-state index contributed by atoms with van der Waals surface area (Å²) in [4.78, 5) is 10.6. The SMILES string of the molecule is Cc1cc(C=O)ccc1-c1cc(F)c(F)cc1Cl. The van der Waals surface area contributed by atoms with Crippen LogP contribution in [0, 0.1) is 18.6 Å². The highest BCUT2D eigenvalue weighted by Gasteiger charge is 2.12. The van der Waals surface area contributed by atoms with Crippen molar-refractivity contribution in [3.8, 4) is 11.1 Å². The molecule has 18 heavy (non-hydrogen) atoms. The highest BCUT2D eigenvalue weighted by molar-refractivity contribution is 6.33. The Balaban J connectivity index is 2.62. The van der Waals surface area contributed by atoms with E-state index in [0.29, 0.717) is 16.7 Å². The lowest BCUT2D eigenvalue weighted by Crippen LogP contribution is -1.91. The zero-order chi connectivity index (χ0) is 13.3. The van der Waals surface area contributed by atoms with E-state index in [1.807, 2.05) is 0 Å². The normalized spacial score (nSPS) is 10.4. The van der Waals surface area contributed by atoms with E-state index in [0.717, 1.165) is 24.0 Å². The molecule has 0 N–H and O–H groups in total. The number of halogens is 3. The van der Waals surface area contributed by atoms with E-state index in [2.05, 4.69) is 0 Å². The molecule has 0 aliphatic carbocycles. The predicted octanol–water partition coefficient (Wildman–Crippen LogP) is 4.41. The van der Waals surface area contributed by atoms with Crippen molar-refractivity contribution in [3.63, 3.8) is 0 Å². The molecule has 0 amide bonds. The van der Waals surface area contributed by atoms with E-state index in [9.17, 15) is 13.6 Å². The number of hydrogen-bond acceptors (Lipinski definition) is 1. The van der Waals surface area contributed by atoms with Gasteiger partial charge in [-0.05, 0) is 36.2 Å². The molecule has 2 aromatic carbocycles. The Morgan fingerprint density at radius 3 is 2.33 bits per heavy atom. The molecule has 4 heteroatoms. The largest absolute Gasteiger partial charge is 0.298 e. The summed E-state index contributed by atoms with van der Waals surface area (Å²) < 4.78 is 26.2. The lowest BCUT2D eigenvalue weighted by molar-refractivity contribution is 0.112. The average molecular weight is 267 g/mol. The number of benzene rings is 2. The van der Waals surface area contributed by atoms with Gasteiger partial charge in [-0.2, -0.15) is 0 Å². The quantitative estimate of drug-likeness (QED) is 0.581. The van der Waals surface area contributed by atoms with Crippen LogP contribution in [0.1, 0.15) is 15.9 Å². The third kappa shape index (κ3) is 2.27. The molecule has 1 nitrogen and oxygen atoms in total. The molecule has 0 aromatic heterocycles. The van der Waals surface area contributed by atoms with Gasteiger partial charge in [0.25, 0.3) is 0 Å². The van der Waals surface area contributed by atoms with Crippen LogP contribution in [0.25, 0.3) is 11.1 Å². The zero-order valence-corrected chi connectivity index (χ0v) is 10.3. The van der Waals surface area contributed by atoms with Gasteiger partial charge in [-0.25, -0.2) is 8.78 Å². The molecule has 0 atom stereocenters. The van der Waals surface area contributed by atoms with E-state index >= 15 is 0 Å². The van der Waals surface area contributed by atoms with Gasteiger partial charge in [-0.3, -0.25) is 4.79 Å². The number of rotatable bonds is 2. The minimum atomic E-state index is -0.981. The Morgan fingerprint density at radius 2 is 1.72 bits per heavy atom. The molecule has 0 saturated carbocycles. The summed E-state index contributed by atoms with van der Waals surface area (Å²) >= 11 is 5.91. The van der Waals surface area contributed by atoms with Gasteiger partial charge in [-0.1, -0.05) is 23.7 Å². The van der Waals surface area contributed by atoms with Crippen LogP contribution in [0.5, 0.6) is 0 Å². The molecule has 0 spiro atoms. The predicted molar refractivity (Wildman–Crippen MR) is 66.9 cm³/mol. The Labute approximate surface area is 108 Å². The average Bonchev–Trinajstić information content (AvgIpc) is 2.34. The van der Waals surface area contributed by atoms with Gasteiger partial charge in [0.2, 0.25) is 0 Å². The van der Waals surface area contributed by atoms with Crippen LogP contribution in [0.15, 0.2) is 30.3 Å². The Morgan fingerprint density at radius 1 is 1.06 bits per heavy atom. The first-order valence-electron chi connectivity index (χ1n) is 5.23. The lowest BCUT2D eigenvalue weighted by Gasteiger charge is -2.09. The van der Waals surface area contributed by atoms with Crippen molar-refractivity contribution < 1.29 is 13.6 Å². The van der Waals surface area contributed by atoms with Gasteiger partial charge < -0.3 is 0 Å². The monoisotopic (exact) mass is 266 g/mol. The number of aryl methyl sites for hydroxylation is 1. The van der Waals surface area contributed by atoms with Crippen molar-refractivity contribution in [1.29, 1.82) is 0 Å². The summed E-state index contributed by atoms with van der Waals surface area (Å²) in [5.41, 5.74) is 2.37. The van der Waals surface area contributed by atoms with E-state index < -0.39 is 11.6 Å². The number of carbonyl (C=O) groups excluding carboxylic acids is 1. The van der Waals surface area contributed by atoms with Crippen LogP contribution in [-0.2, 0) is 0 Å². The summed E-state index contributed by atoms with van der Waals surface area (Å²) in [6, 6.07) is 6.93. The second-order valence-electron chi connectivity index (χ2n) is 3.94. The molecular weight excluding hydrogens is 258 g/mol. The molecule has 0 heterocycles. The van der Waals surface area contributed by atoms with Crippen LogP contribution >= 0.6 is 11.6 Å². The van der Waals surface area contributed by atoms with E-state index in [1.165, 1.54) is 0 Å². The van der Waals surface area contributed by atoms with Crippen LogP contribution in [0.3, 0.4) is 0 Å². The first kappa shape index (κ1) is 12.7. The second-order valence-corrected chi connectivity index (χ2v) is 4.35. The van der Waals surface area contributed by atoms with Crippen molar-refractivity contribution in [2.45, 2.75) is 6.92 Å². The van der Waals surface area contributed by atoms with E-state index in [1.54, 1.807) is 25.1 Å². The first-order valence-corrected chi connectivity index (χ1v) is 5.61. The molecule has 0 fully saturated rings. The third-order valence-corrected chi connectivity index (χ3v) is 3.00. The fourth-order valence-electron chi connectivity index (χ4n) is 1.79. The molecule has 2 aromatic rings. The molecule has 0 unspecified atom stereocenters. The molecule has 92 valence electrons. The summed E-state index contributed by atoms with van der Waals surface area (Å²) in [5.74, 6) is -1.93. The van der Waals surface area contributed by atoms with Crippen molar-refractivity contribution in [1.82, 2.24) is 0 Å². The highest BCUT2D eigenvalue weighted by Crippen LogP contribution is 2.32. The van der Waals surface area contributed by atoms with Crippen molar-refractivity contribution in [2.24, 2.45) is 0 Å². The summed E-state index contributed by atoms with van der Waals surface area (Å²) in [5, 5.41) is 0.135. The minimum absolute atomic E-state index is 0.135. The second kappa shape index (κ2) is 4.86. The maximum absolute atomic E-state index is 13.2. The summed E-state index contributed by atoms with van der Waals surface area (Å²) in [6.45, 7) is 1.78. The van der Waals surface area contributed by atoms with Crippen molar-refractivity contribution in [3.05, 3.63) is 58.1 Å². The fraction of sp³-hybridized carbons (Fsp3) is 0.0714. The minimum Gasteiger partial charge on any atom is -0.298 e. The maximum atomic E-state index is 13.2. The van der Waals surface area contributed by atoms with Gasteiger partial charge in [0.05, 0.1) is 5.02 Å². The van der Waals surface area contributed by atoms with Gasteiger partial charge in [0.15, 0.2) is 11.6 Å². The molecule has 2 rings (SSSR count). The zero-order valence-electron chi connectivity index (χ0n) is 9.51. The van der Waals surface area contributed by atoms with Crippen molar-refractivity contribution in [2.75, 3.05) is 0 Å². The molecule has 0 saturated heterocycles. The molecule has 0 radical (unpaired) electrons. The van der Waals surface area contributed by atoms with Gasteiger partial charge >= 0.3 is 0 Å². The summed E-state index contributed by atoms with van der Waals surface area (Å²) in [6.07, 6.45) is 0.726. The van der Waals surface area contributed by atoms with Gasteiger partial charge in [0, 0.05) is 11.1 Å². The molecular formula is C14H9ClF2O. The van der Waals surface area contributed by atoms with Crippen LogP contribution < -0.4 is 0 Å². The highest BCUT2D eigenvalue weighted by atomic mass is 35.5. The van der Waals surface area contributed by atoms with E-state index in [-0.39, 0.29) is 5.02 Å². The van der Waals surface area contributed by atoms with Gasteiger partial charge in [-0.15, -0.1) is 0 Å². The lowest BCUT2D eigenvalue weighted by atomic mass is 9.98.